The predicted octanol–water partition coefficient (Wildman–Crippen LogP) is 1.92. The first kappa shape index (κ1) is 31.0. The van der Waals surface area contributed by atoms with E-state index in [1.54, 1.807) is 7.05 Å². The number of benzene rings is 2. The molecule has 3 aromatic rings. The molecule has 0 radical (unpaired) electrons. The lowest BCUT2D eigenvalue weighted by molar-refractivity contribution is -0.258. The third kappa shape index (κ3) is 6.11. The minimum Gasteiger partial charge on any atom is -0.508 e. The summed E-state index contributed by atoms with van der Waals surface area (Å²) in [5.41, 5.74) is -2.11. The number of aromatic hydroxyl groups is 1. The summed E-state index contributed by atoms with van der Waals surface area (Å²) in [6.45, 7) is -0.689. The summed E-state index contributed by atoms with van der Waals surface area (Å²) in [5, 5.41) is 23.6. The molecule has 2 atom stereocenters. The Hall–Kier alpha value is -4.48. The number of hydrogen-bond acceptors (Lipinski definition) is 11. The molecule has 0 bridgehead atoms. The van der Waals surface area contributed by atoms with Gasteiger partial charge in [0.2, 0.25) is 11.1 Å². The van der Waals surface area contributed by atoms with Crippen LogP contribution in [0.3, 0.4) is 0 Å². The topological polar surface area (TPSA) is 158 Å². The van der Waals surface area contributed by atoms with Crippen LogP contribution in [0.1, 0.15) is 16.7 Å². The summed E-state index contributed by atoms with van der Waals surface area (Å²) < 4.78 is 57.7. The lowest BCUT2D eigenvalue weighted by Crippen LogP contribution is -2.82. The number of ether oxygens (including phenoxy) is 3. The van der Waals surface area contributed by atoms with E-state index in [0.717, 1.165) is 28.8 Å². The number of phenolic OH excluding ortho intramolecular Hbond substituents is 1. The number of alkyl halides is 3. The van der Waals surface area contributed by atoms with Gasteiger partial charge in [0, 0.05) is 19.9 Å². The first-order valence-electron chi connectivity index (χ1n) is 12.9. The number of aromatic nitrogens is 4. The van der Waals surface area contributed by atoms with Crippen molar-refractivity contribution in [2.45, 2.75) is 36.3 Å². The summed E-state index contributed by atoms with van der Waals surface area (Å²) in [6.07, 6.45) is -6.00. The molecule has 13 nitrogen and oxygen atoms in total. The van der Waals surface area contributed by atoms with Gasteiger partial charge in [0.05, 0.1) is 18.6 Å². The van der Waals surface area contributed by atoms with E-state index < -0.39 is 48.1 Å². The number of tetrazole rings is 1. The number of hydrogen-bond donors (Lipinski definition) is 2. The quantitative estimate of drug-likeness (QED) is 0.145. The summed E-state index contributed by atoms with van der Waals surface area (Å²) in [7, 11) is 2.81. The molecule has 17 heteroatoms. The number of amides is 2. The van der Waals surface area contributed by atoms with Gasteiger partial charge < -0.3 is 24.6 Å². The summed E-state index contributed by atoms with van der Waals surface area (Å²) >= 11 is 1.15. The highest BCUT2D eigenvalue weighted by molar-refractivity contribution is 7.99. The highest BCUT2D eigenvalue weighted by atomic mass is 32.2. The Kier molecular flexibility index (Phi) is 8.62. The number of nitrogens with zero attached hydrogens (tertiary/aromatic N) is 5. The first-order chi connectivity index (χ1) is 20.9. The molecule has 2 N–H and O–H groups in total. The first-order valence-corrected chi connectivity index (χ1v) is 13.9. The molecule has 1 aromatic heterocycles. The van der Waals surface area contributed by atoms with E-state index in [1.165, 1.54) is 48.2 Å². The third-order valence-corrected chi connectivity index (χ3v) is 7.93. The molecule has 0 spiro atoms. The Bertz CT molecular complexity index is 1610. The van der Waals surface area contributed by atoms with Crippen LogP contribution in [0.2, 0.25) is 0 Å². The van der Waals surface area contributed by atoms with Crippen LogP contribution in [0.15, 0.2) is 65.0 Å². The molecule has 0 unspecified atom stereocenters. The van der Waals surface area contributed by atoms with E-state index in [1.807, 2.05) is 0 Å². The molecular formula is C27H25F3N6O7S. The standard InChI is InChI=1S/C27H25F3N6O7S/c1-35-25(32-33-34-35)44-14-17-13-43-24-26(41-2,31-20(38)11-15-6-8-19(37)9-7-15)23(40)36(24)21(17)22(39)42-12-16-4-3-5-18(10-16)27(28,29)30/h3-10,24,37H,11-14H2,1-2H3,(H,31,38)/t24-,26+/m1/s1. The molecule has 5 rings (SSSR count). The normalized spacial score (nSPS) is 19.8. The van der Waals surface area contributed by atoms with Crippen LogP contribution in [-0.2, 0) is 54.8 Å². The lowest BCUT2D eigenvalue weighted by Gasteiger charge is -2.55. The Labute approximate surface area is 251 Å². The van der Waals surface area contributed by atoms with Crippen molar-refractivity contribution in [1.82, 2.24) is 30.4 Å². The van der Waals surface area contributed by atoms with Crippen LogP contribution in [0.5, 0.6) is 5.75 Å². The third-order valence-electron chi connectivity index (χ3n) is 6.83. The van der Waals surface area contributed by atoms with Crippen molar-refractivity contribution < 1.29 is 46.9 Å². The fourth-order valence-electron chi connectivity index (χ4n) is 4.64. The van der Waals surface area contributed by atoms with E-state index in [2.05, 4.69) is 20.8 Å². The second-order valence-corrected chi connectivity index (χ2v) is 10.7. The number of thioether (sulfide) groups is 1. The Morgan fingerprint density at radius 3 is 2.61 bits per heavy atom. The zero-order valence-electron chi connectivity index (χ0n) is 23.2. The van der Waals surface area contributed by atoms with Gasteiger partial charge in [-0.15, -0.1) is 5.10 Å². The summed E-state index contributed by atoms with van der Waals surface area (Å²) in [5.74, 6) is -2.30. The average molecular weight is 635 g/mol. The van der Waals surface area contributed by atoms with Gasteiger partial charge in [0.1, 0.15) is 18.1 Å². The zero-order chi connectivity index (χ0) is 31.6. The molecule has 44 heavy (non-hydrogen) atoms. The predicted molar refractivity (Wildman–Crippen MR) is 144 cm³/mol. The van der Waals surface area contributed by atoms with Crippen molar-refractivity contribution in [3.8, 4) is 5.75 Å². The monoisotopic (exact) mass is 634 g/mol. The van der Waals surface area contributed by atoms with Crippen LogP contribution in [0.25, 0.3) is 0 Å². The Morgan fingerprint density at radius 2 is 1.95 bits per heavy atom. The molecule has 2 aliphatic rings. The minimum absolute atomic E-state index is 0.0200. The van der Waals surface area contributed by atoms with Gasteiger partial charge in [-0.05, 0) is 51.4 Å². The smallest absolute Gasteiger partial charge is 0.416 e. The maximum absolute atomic E-state index is 13.6. The van der Waals surface area contributed by atoms with E-state index in [4.69, 9.17) is 14.2 Å². The van der Waals surface area contributed by atoms with Gasteiger partial charge in [-0.3, -0.25) is 14.5 Å². The number of rotatable bonds is 10. The number of esters is 1. The number of fused-ring (bicyclic) bond motifs is 1. The fourth-order valence-corrected chi connectivity index (χ4v) is 5.48. The maximum Gasteiger partial charge on any atom is 0.416 e. The van der Waals surface area contributed by atoms with Crippen molar-refractivity contribution in [2.24, 2.45) is 7.05 Å². The van der Waals surface area contributed by atoms with Crippen molar-refractivity contribution in [2.75, 3.05) is 19.5 Å². The second-order valence-electron chi connectivity index (χ2n) is 9.77. The molecule has 2 aliphatic heterocycles. The van der Waals surface area contributed by atoms with E-state index in [-0.39, 0.29) is 35.8 Å². The van der Waals surface area contributed by atoms with E-state index in [0.29, 0.717) is 16.3 Å². The largest absolute Gasteiger partial charge is 0.508 e. The SMILES string of the molecule is CO[C@@]1(NC(=O)Cc2ccc(O)cc2)C(=O)N2C(C(=O)OCc3cccc(C(F)(F)F)c3)=C(CSc3nnnn3C)CO[C@@H]21. The molecular weight excluding hydrogens is 609 g/mol. The van der Waals surface area contributed by atoms with Gasteiger partial charge in [-0.25, -0.2) is 9.48 Å². The number of nitrogens with one attached hydrogen (secondary N) is 1. The molecule has 1 saturated heterocycles. The fraction of sp³-hybridized carbons (Fsp3) is 0.333. The second kappa shape index (κ2) is 12.3. The van der Waals surface area contributed by atoms with Crippen LogP contribution in [0, 0.1) is 0 Å². The Morgan fingerprint density at radius 1 is 1.20 bits per heavy atom. The maximum atomic E-state index is 13.6. The van der Waals surface area contributed by atoms with Gasteiger partial charge >= 0.3 is 12.1 Å². The van der Waals surface area contributed by atoms with Crippen LogP contribution < -0.4 is 5.32 Å². The highest BCUT2D eigenvalue weighted by Crippen LogP contribution is 2.41. The van der Waals surface area contributed by atoms with Crippen LogP contribution in [-0.4, -0.2) is 79.4 Å². The molecule has 0 saturated carbocycles. The zero-order valence-corrected chi connectivity index (χ0v) is 24.0. The molecule has 2 aromatic carbocycles. The number of carbonyl (C=O) groups excluding carboxylic acids is 3. The van der Waals surface area contributed by atoms with Gasteiger partial charge in [0.15, 0.2) is 6.23 Å². The number of aryl methyl sites for hydroxylation is 1. The average Bonchev–Trinajstić information content (AvgIpc) is 3.42. The van der Waals surface area contributed by atoms with Gasteiger partial charge in [-0.2, -0.15) is 13.2 Å². The highest BCUT2D eigenvalue weighted by Gasteiger charge is 2.67. The van der Waals surface area contributed by atoms with Crippen molar-refractivity contribution in [3.63, 3.8) is 0 Å². The number of carbonyl (C=O) groups is 3. The van der Waals surface area contributed by atoms with E-state index in [9.17, 15) is 32.7 Å². The molecule has 1 fully saturated rings. The summed E-state index contributed by atoms with van der Waals surface area (Å²) in [6, 6.07) is 10.2. The number of β-lactam (4-membered cyclic amide) rings is 1. The molecule has 0 aliphatic carbocycles. The molecule has 2 amide bonds. The summed E-state index contributed by atoms with van der Waals surface area (Å²) in [4.78, 5) is 41.0. The van der Waals surface area contributed by atoms with Crippen molar-refractivity contribution >= 4 is 29.5 Å². The van der Waals surface area contributed by atoms with Crippen molar-refractivity contribution in [3.05, 3.63) is 76.5 Å². The number of halogens is 3. The van der Waals surface area contributed by atoms with Crippen LogP contribution in [0.4, 0.5) is 13.2 Å². The van der Waals surface area contributed by atoms with Crippen LogP contribution >= 0.6 is 11.8 Å². The minimum atomic E-state index is -4.59. The molecule has 232 valence electrons. The lowest BCUT2D eigenvalue weighted by atomic mass is 9.94. The van der Waals surface area contributed by atoms with Gasteiger partial charge in [0.25, 0.3) is 11.6 Å². The number of phenols is 1. The van der Waals surface area contributed by atoms with Crippen molar-refractivity contribution in [1.29, 1.82) is 0 Å². The van der Waals surface area contributed by atoms with Gasteiger partial charge in [-0.1, -0.05) is 36.0 Å². The Balaban J connectivity index is 1.38. The number of methoxy groups -OCH3 is 1. The van der Waals surface area contributed by atoms with E-state index >= 15 is 0 Å². The molecule has 3 heterocycles.